The van der Waals surface area contributed by atoms with E-state index in [2.05, 4.69) is 29.3 Å². The van der Waals surface area contributed by atoms with Gasteiger partial charge in [-0.2, -0.15) is 0 Å². The number of hydrogen-bond acceptors (Lipinski definition) is 2. The van der Waals surface area contributed by atoms with Gasteiger partial charge < -0.3 is 5.32 Å². The van der Waals surface area contributed by atoms with E-state index in [1.54, 1.807) is 0 Å². The van der Waals surface area contributed by atoms with Crippen molar-refractivity contribution >= 4 is 0 Å². The predicted octanol–water partition coefficient (Wildman–Crippen LogP) is 1.49. The zero-order valence-corrected chi connectivity index (χ0v) is 9.21. The molecular formula is C12H22N2. The third kappa shape index (κ3) is 2.82. The molecule has 0 spiro atoms. The van der Waals surface area contributed by atoms with Crippen LogP contribution in [-0.2, 0) is 0 Å². The Kier molecular flexibility index (Phi) is 3.60. The van der Waals surface area contributed by atoms with Gasteiger partial charge in [-0.25, -0.2) is 0 Å². The minimum atomic E-state index is 0.870. The summed E-state index contributed by atoms with van der Waals surface area (Å²) in [6.45, 7) is 8.53. The summed E-state index contributed by atoms with van der Waals surface area (Å²) < 4.78 is 0. The van der Waals surface area contributed by atoms with Crippen molar-refractivity contribution < 1.29 is 0 Å². The van der Waals surface area contributed by atoms with E-state index in [9.17, 15) is 0 Å². The summed E-state index contributed by atoms with van der Waals surface area (Å²) in [7, 11) is 0. The first kappa shape index (κ1) is 10.2. The Morgan fingerprint density at radius 2 is 2.29 bits per heavy atom. The predicted molar refractivity (Wildman–Crippen MR) is 60.3 cm³/mol. The van der Waals surface area contributed by atoms with E-state index >= 15 is 0 Å². The highest BCUT2D eigenvalue weighted by atomic mass is 15.1. The third-order valence-electron chi connectivity index (χ3n) is 3.32. The summed E-state index contributed by atoms with van der Waals surface area (Å²) in [6, 6.07) is 0. The Morgan fingerprint density at radius 3 is 3.00 bits per heavy atom. The average molecular weight is 194 g/mol. The van der Waals surface area contributed by atoms with Gasteiger partial charge in [0, 0.05) is 19.6 Å². The number of nitrogens with zero attached hydrogens (tertiary/aromatic N) is 1. The summed E-state index contributed by atoms with van der Waals surface area (Å²) in [5.41, 5.74) is 0. The highest BCUT2D eigenvalue weighted by Gasteiger charge is 2.20. The van der Waals surface area contributed by atoms with Gasteiger partial charge >= 0.3 is 0 Å². The Hall–Kier alpha value is -0.340. The Morgan fingerprint density at radius 1 is 1.36 bits per heavy atom. The van der Waals surface area contributed by atoms with E-state index in [0.29, 0.717) is 0 Å². The fraction of sp³-hybridized carbons (Fsp3) is 0.833. The highest BCUT2D eigenvalue weighted by molar-refractivity contribution is 4.91. The molecule has 0 aromatic heterocycles. The zero-order valence-electron chi connectivity index (χ0n) is 9.21. The molecule has 0 radical (unpaired) electrons. The van der Waals surface area contributed by atoms with E-state index in [1.165, 1.54) is 45.6 Å². The zero-order chi connectivity index (χ0) is 9.80. The van der Waals surface area contributed by atoms with Crippen molar-refractivity contribution in [2.75, 3.05) is 32.7 Å². The van der Waals surface area contributed by atoms with E-state index in [1.807, 2.05) is 0 Å². The van der Waals surface area contributed by atoms with Gasteiger partial charge in [0.15, 0.2) is 0 Å². The summed E-state index contributed by atoms with van der Waals surface area (Å²) in [6.07, 6.45) is 7.27. The largest absolute Gasteiger partial charge is 0.316 e. The second-order valence-corrected chi connectivity index (χ2v) is 4.88. The molecule has 2 heterocycles. The molecule has 2 nitrogen and oxygen atoms in total. The maximum atomic E-state index is 3.53. The molecule has 0 saturated carbocycles. The molecule has 2 atom stereocenters. The van der Waals surface area contributed by atoms with E-state index in [4.69, 9.17) is 0 Å². The SMILES string of the molecule is CC1CNCC(CN2CC=CCC2)C1. The lowest BCUT2D eigenvalue weighted by Crippen LogP contribution is -2.42. The average Bonchev–Trinajstić information content (AvgIpc) is 2.19. The first-order chi connectivity index (χ1) is 6.84. The van der Waals surface area contributed by atoms with Crippen LogP contribution in [0.1, 0.15) is 19.8 Å². The Bertz CT molecular complexity index is 200. The smallest absolute Gasteiger partial charge is 0.0163 e. The Labute approximate surface area is 87.4 Å². The quantitative estimate of drug-likeness (QED) is 0.670. The van der Waals surface area contributed by atoms with Gasteiger partial charge in [0.2, 0.25) is 0 Å². The van der Waals surface area contributed by atoms with Crippen LogP contribution < -0.4 is 5.32 Å². The van der Waals surface area contributed by atoms with Crippen LogP contribution >= 0.6 is 0 Å². The second-order valence-electron chi connectivity index (χ2n) is 4.88. The summed E-state index contributed by atoms with van der Waals surface area (Å²) in [4.78, 5) is 2.59. The van der Waals surface area contributed by atoms with Crippen molar-refractivity contribution in [3.05, 3.63) is 12.2 Å². The lowest BCUT2D eigenvalue weighted by atomic mass is 9.91. The van der Waals surface area contributed by atoms with Crippen molar-refractivity contribution in [3.8, 4) is 0 Å². The summed E-state index contributed by atoms with van der Waals surface area (Å²) in [5.74, 6) is 1.75. The van der Waals surface area contributed by atoms with Gasteiger partial charge in [-0.15, -0.1) is 0 Å². The molecule has 1 fully saturated rings. The van der Waals surface area contributed by atoms with Gasteiger partial charge in [-0.3, -0.25) is 4.90 Å². The first-order valence-electron chi connectivity index (χ1n) is 5.92. The lowest BCUT2D eigenvalue weighted by Gasteiger charge is -2.33. The van der Waals surface area contributed by atoms with Gasteiger partial charge in [-0.05, 0) is 37.8 Å². The maximum Gasteiger partial charge on any atom is 0.0163 e. The summed E-state index contributed by atoms with van der Waals surface area (Å²) in [5, 5.41) is 3.53. The molecule has 1 saturated heterocycles. The molecule has 0 aromatic carbocycles. The van der Waals surface area contributed by atoms with Gasteiger partial charge in [-0.1, -0.05) is 19.1 Å². The monoisotopic (exact) mass is 194 g/mol. The van der Waals surface area contributed by atoms with Crippen LogP contribution in [0.25, 0.3) is 0 Å². The molecule has 14 heavy (non-hydrogen) atoms. The second kappa shape index (κ2) is 4.94. The van der Waals surface area contributed by atoms with Crippen molar-refractivity contribution in [2.24, 2.45) is 11.8 Å². The molecule has 2 aliphatic rings. The number of nitrogens with one attached hydrogen (secondary N) is 1. The van der Waals surface area contributed by atoms with E-state index in [-0.39, 0.29) is 0 Å². The van der Waals surface area contributed by atoms with Crippen molar-refractivity contribution in [2.45, 2.75) is 19.8 Å². The molecule has 2 unspecified atom stereocenters. The molecule has 2 rings (SSSR count). The highest BCUT2D eigenvalue weighted by Crippen LogP contribution is 2.17. The number of piperidine rings is 1. The molecule has 2 heteroatoms. The number of hydrogen-bond donors (Lipinski definition) is 1. The molecule has 0 amide bonds. The Balaban J connectivity index is 1.75. The van der Waals surface area contributed by atoms with Crippen LogP contribution in [0.5, 0.6) is 0 Å². The standard InChI is InChI=1S/C12H22N2/c1-11-7-12(9-13-8-11)10-14-5-3-2-4-6-14/h2-3,11-13H,4-10H2,1H3. The van der Waals surface area contributed by atoms with Crippen LogP contribution in [0, 0.1) is 11.8 Å². The fourth-order valence-electron chi connectivity index (χ4n) is 2.63. The fourth-order valence-corrected chi connectivity index (χ4v) is 2.63. The molecule has 0 bridgehead atoms. The van der Waals surface area contributed by atoms with Gasteiger partial charge in [0.1, 0.15) is 0 Å². The number of rotatable bonds is 2. The van der Waals surface area contributed by atoms with E-state index < -0.39 is 0 Å². The maximum absolute atomic E-state index is 3.53. The minimum absolute atomic E-state index is 0.870. The molecule has 80 valence electrons. The van der Waals surface area contributed by atoms with Crippen LogP contribution in [0.15, 0.2) is 12.2 Å². The van der Waals surface area contributed by atoms with Crippen LogP contribution in [0.2, 0.25) is 0 Å². The summed E-state index contributed by atoms with van der Waals surface area (Å²) >= 11 is 0. The van der Waals surface area contributed by atoms with Gasteiger partial charge in [0.25, 0.3) is 0 Å². The van der Waals surface area contributed by atoms with Gasteiger partial charge in [0.05, 0.1) is 0 Å². The normalized spacial score (nSPS) is 34.6. The van der Waals surface area contributed by atoms with Crippen molar-refractivity contribution in [3.63, 3.8) is 0 Å². The molecular weight excluding hydrogens is 172 g/mol. The third-order valence-corrected chi connectivity index (χ3v) is 3.32. The molecule has 2 aliphatic heterocycles. The van der Waals surface area contributed by atoms with Crippen LogP contribution in [0.3, 0.4) is 0 Å². The lowest BCUT2D eigenvalue weighted by molar-refractivity contribution is 0.200. The molecule has 0 aromatic rings. The topological polar surface area (TPSA) is 15.3 Å². The first-order valence-corrected chi connectivity index (χ1v) is 5.92. The van der Waals surface area contributed by atoms with Crippen molar-refractivity contribution in [1.29, 1.82) is 0 Å². The van der Waals surface area contributed by atoms with Crippen LogP contribution in [0.4, 0.5) is 0 Å². The van der Waals surface area contributed by atoms with Crippen molar-refractivity contribution in [1.82, 2.24) is 10.2 Å². The van der Waals surface area contributed by atoms with E-state index in [0.717, 1.165) is 11.8 Å². The van der Waals surface area contributed by atoms with Crippen LogP contribution in [-0.4, -0.2) is 37.6 Å². The molecule has 1 N–H and O–H groups in total. The molecule has 0 aliphatic carbocycles. The minimum Gasteiger partial charge on any atom is -0.316 e.